The Morgan fingerprint density at radius 2 is 2.17 bits per heavy atom. The van der Waals surface area contributed by atoms with Gasteiger partial charge < -0.3 is 15.4 Å². The van der Waals surface area contributed by atoms with E-state index in [4.69, 9.17) is 10.5 Å². The number of hydrogen-bond acceptors (Lipinski definition) is 2. The summed E-state index contributed by atoms with van der Waals surface area (Å²) in [5, 5.41) is 0. The first-order valence-corrected chi connectivity index (χ1v) is 4.40. The predicted molar refractivity (Wildman–Crippen MR) is 45.8 cm³/mol. The number of primary amides is 1. The van der Waals surface area contributed by atoms with E-state index in [0.717, 1.165) is 32.5 Å². The molecule has 0 bridgehead atoms. The third-order valence-corrected chi connectivity index (χ3v) is 2.16. The highest BCUT2D eigenvalue weighted by Gasteiger charge is 2.20. The molecule has 1 aliphatic heterocycles. The lowest BCUT2D eigenvalue weighted by molar-refractivity contribution is 0.0228. The van der Waals surface area contributed by atoms with E-state index >= 15 is 0 Å². The van der Waals surface area contributed by atoms with Crippen molar-refractivity contribution >= 4 is 6.03 Å². The molecule has 1 aliphatic rings. The zero-order valence-corrected chi connectivity index (χ0v) is 7.45. The van der Waals surface area contributed by atoms with E-state index < -0.39 is 0 Å². The fourth-order valence-electron chi connectivity index (χ4n) is 1.48. The lowest BCUT2D eigenvalue weighted by atomic mass is 10.1. The normalized spacial score (nSPS) is 19.6. The number of carbonyl (C=O) groups is 1. The highest BCUT2D eigenvalue weighted by atomic mass is 16.5. The van der Waals surface area contributed by atoms with Crippen molar-refractivity contribution in [2.75, 3.05) is 19.7 Å². The number of likely N-dealkylation sites (tertiary alicyclic amines) is 1. The fourth-order valence-corrected chi connectivity index (χ4v) is 1.48. The molecule has 0 aromatic carbocycles. The Bertz CT molecular complexity index is 153. The lowest BCUT2D eigenvalue weighted by Gasteiger charge is -2.30. The van der Waals surface area contributed by atoms with Crippen molar-refractivity contribution in [3.05, 3.63) is 0 Å². The summed E-state index contributed by atoms with van der Waals surface area (Å²) >= 11 is 0. The molecule has 1 rings (SSSR count). The molecule has 4 heteroatoms. The monoisotopic (exact) mass is 172 g/mol. The van der Waals surface area contributed by atoms with Gasteiger partial charge in [0.15, 0.2) is 0 Å². The second-order valence-electron chi connectivity index (χ2n) is 2.98. The number of rotatable bonds is 2. The van der Waals surface area contributed by atoms with Crippen LogP contribution in [0, 0.1) is 0 Å². The summed E-state index contributed by atoms with van der Waals surface area (Å²) in [6.07, 6.45) is 2.15. The van der Waals surface area contributed by atoms with Crippen molar-refractivity contribution in [1.29, 1.82) is 0 Å². The van der Waals surface area contributed by atoms with Crippen molar-refractivity contribution in [3.63, 3.8) is 0 Å². The van der Waals surface area contributed by atoms with Crippen LogP contribution in [0.2, 0.25) is 0 Å². The van der Waals surface area contributed by atoms with Gasteiger partial charge >= 0.3 is 6.03 Å². The van der Waals surface area contributed by atoms with Crippen molar-refractivity contribution in [3.8, 4) is 0 Å². The number of urea groups is 1. The van der Waals surface area contributed by atoms with Gasteiger partial charge in [-0.15, -0.1) is 0 Å². The summed E-state index contributed by atoms with van der Waals surface area (Å²) in [4.78, 5) is 12.4. The SMILES string of the molecule is CCOC1CCN(C(N)=O)CC1. The third kappa shape index (κ3) is 2.37. The molecule has 0 atom stereocenters. The molecule has 0 saturated carbocycles. The minimum atomic E-state index is -0.315. The number of amides is 2. The number of nitrogens with zero attached hydrogens (tertiary/aromatic N) is 1. The summed E-state index contributed by atoms with van der Waals surface area (Å²) in [6.45, 7) is 4.21. The quantitative estimate of drug-likeness (QED) is 0.662. The summed E-state index contributed by atoms with van der Waals surface area (Å²) < 4.78 is 5.43. The Labute approximate surface area is 72.7 Å². The Kier molecular flexibility index (Phi) is 3.34. The maximum Gasteiger partial charge on any atom is 0.314 e. The van der Waals surface area contributed by atoms with Crippen LogP contribution >= 0.6 is 0 Å². The molecule has 4 nitrogen and oxygen atoms in total. The Hall–Kier alpha value is -0.770. The molecule has 12 heavy (non-hydrogen) atoms. The molecule has 0 spiro atoms. The first-order chi connectivity index (χ1) is 5.74. The first kappa shape index (κ1) is 9.32. The molecule has 70 valence electrons. The molecule has 2 amide bonds. The van der Waals surface area contributed by atoms with Crippen LogP contribution in [0.4, 0.5) is 4.79 Å². The predicted octanol–water partition coefficient (Wildman–Crippen LogP) is 0.566. The van der Waals surface area contributed by atoms with E-state index in [-0.39, 0.29) is 6.03 Å². The minimum absolute atomic E-state index is 0.315. The molecule has 1 fully saturated rings. The molecule has 0 aromatic rings. The van der Waals surface area contributed by atoms with Gasteiger partial charge in [0.05, 0.1) is 6.10 Å². The molecule has 0 unspecified atom stereocenters. The number of hydrogen-bond donors (Lipinski definition) is 1. The highest BCUT2D eigenvalue weighted by Crippen LogP contribution is 2.12. The van der Waals surface area contributed by atoms with Crippen LogP contribution in [0.1, 0.15) is 19.8 Å². The molecule has 1 saturated heterocycles. The molecule has 1 heterocycles. The van der Waals surface area contributed by atoms with Crippen LogP contribution in [0.15, 0.2) is 0 Å². The Morgan fingerprint density at radius 1 is 1.58 bits per heavy atom. The number of carbonyl (C=O) groups excluding carboxylic acids is 1. The zero-order chi connectivity index (χ0) is 8.97. The largest absolute Gasteiger partial charge is 0.378 e. The second kappa shape index (κ2) is 4.30. The van der Waals surface area contributed by atoms with Crippen molar-refractivity contribution in [2.45, 2.75) is 25.9 Å². The van der Waals surface area contributed by atoms with E-state index in [1.807, 2.05) is 6.92 Å². The highest BCUT2D eigenvalue weighted by molar-refractivity contribution is 5.72. The Morgan fingerprint density at radius 3 is 2.58 bits per heavy atom. The standard InChI is InChI=1S/C8H16N2O2/c1-2-12-7-3-5-10(6-4-7)8(9)11/h7H,2-6H2,1H3,(H2,9,11). The maximum absolute atomic E-state index is 10.7. The number of piperidine rings is 1. The van der Waals surface area contributed by atoms with Gasteiger partial charge in [0.2, 0.25) is 0 Å². The Balaban J connectivity index is 2.25. The molecule has 0 aromatic heterocycles. The van der Waals surface area contributed by atoms with Gasteiger partial charge in [0.25, 0.3) is 0 Å². The average Bonchev–Trinajstić information content (AvgIpc) is 2.06. The second-order valence-corrected chi connectivity index (χ2v) is 2.98. The van der Waals surface area contributed by atoms with Crippen molar-refractivity contribution < 1.29 is 9.53 Å². The summed E-state index contributed by atoms with van der Waals surface area (Å²) in [7, 11) is 0. The van der Waals surface area contributed by atoms with Crippen LogP contribution in [-0.4, -0.2) is 36.7 Å². The lowest BCUT2D eigenvalue weighted by Crippen LogP contribution is -2.43. The molecular formula is C8H16N2O2. The van der Waals surface area contributed by atoms with E-state index in [9.17, 15) is 4.79 Å². The van der Waals surface area contributed by atoms with E-state index in [0.29, 0.717) is 6.10 Å². The van der Waals surface area contributed by atoms with Gasteiger partial charge in [-0.2, -0.15) is 0 Å². The van der Waals surface area contributed by atoms with Crippen LogP contribution in [0.5, 0.6) is 0 Å². The van der Waals surface area contributed by atoms with E-state index in [2.05, 4.69) is 0 Å². The van der Waals surface area contributed by atoms with E-state index in [1.165, 1.54) is 0 Å². The topological polar surface area (TPSA) is 55.6 Å². The minimum Gasteiger partial charge on any atom is -0.378 e. The van der Waals surface area contributed by atoms with Gasteiger partial charge in [-0.1, -0.05) is 0 Å². The first-order valence-electron chi connectivity index (χ1n) is 4.40. The van der Waals surface area contributed by atoms with Gasteiger partial charge in [0.1, 0.15) is 0 Å². The van der Waals surface area contributed by atoms with Gasteiger partial charge in [0, 0.05) is 19.7 Å². The average molecular weight is 172 g/mol. The van der Waals surface area contributed by atoms with Crippen molar-refractivity contribution in [2.24, 2.45) is 5.73 Å². The zero-order valence-electron chi connectivity index (χ0n) is 7.45. The van der Waals surface area contributed by atoms with Gasteiger partial charge in [-0.25, -0.2) is 4.79 Å². The molecule has 0 aliphatic carbocycles. The van der Waals surface area contributed by atoms with E-state index in [1.54, 1.807) is 4.90 Å². The van der Waals surface area contributed by atoms with Crippen LogP contribution in [0.25, 0.3) is 0 Å². The van der Waals surface area contributed by atoms with Crippen molar-refractivity contribution in [1.82, 2.24) is 4.90 Å². The molecular weight excluding hydrogens is 156 g/mol. The fraction of sp³-hybridized carbons (Fsp3) is 0.875. The number of nitrogens with two attached hydrogens (primary N) is 1. The number of ether oxygens (including phenoxy) is 1. The summed E-state index contributed by atoms with van der Waals surface area (Å²) in [5.41, 5.74) is 5.13. The molecule has 0 radical (unpaired) electrons. The van der Waals surface area contributed by atoms with Crippen LogP contribution in [0.3, 0.4) is 0 Å². The maximum atomic E-state index is 10.7. The van der Waals surface area contributed by atoms with Crippen LogP contribution < -0.4 is 5.73 Å². The third-order valence-electron chi connectivity index (χ3n) is 2.16. The summed E-state index contributed by atoms with van der Waals surface area (Å²) in [6, 6.07) is -0.315. The smallest absolute Gasteiger partial charge is 0.314 e. The summed E-state index contributed by atoms with van der Waals surface area (Å²) in [5.74, 6) is 0. The molecule has 2 N–H and O–H groups in total. The van der Waals surface area contributed by atoms with Crippen LogP contribution in [-0.2, 0) is 4.74 Å². The van der Waals surface area contributed by atoms with Gasteiger partial charge in [-0.3, -0.25) is 0 Å². The van der Waals surface area contributed by atoms with Gasteiger partial charge in [-0.05, 0) is 19.8 Å².